The summed E-state index contributed by atoms with van der Waals surface area (Å²) < 4.78 is 61.5. The SMILES string of the molecule is [2H]c1cn([C@@H]2O[C@H](C([2H])([2H])O[P@@](=O)(N[C@@H](C)C(=O)OC(C)C)Oc3ccccc3)[C@@H](O)C23CC3)c(=O)[nH]c1=O. The van der Waals surface area contributed by atoms with E-state index in [2.05, 4.69) is 5.09 Å². The highest BCUT2D eigenvalue weighted by Crippen LogP contribution is 2.62. The number of aromatic nitrogens is 2. The van der Waals surface area contributed by atoms with Crippen molar-refractivity contribution in [3.8, 4) is 5.75 Å². The van der Waals surface area contributed by atoms with Gasteiger partial charge in [-0.3, -0.25) is 23.7 Å². The molecule has 5 atom stereocenters. The van der Waals surface area contributed by atoms with Gasteiger partial charge in [0.15, 0.2) is 0 Å². The van der Waals surface area contributed by atoms with E-state index in [-0.39, 0.29) is 5.75 Å². The molecule has 1 aliphatic carbocycles. The minimum atomic E-state index is -4.70. The van der Waals surface area contributed by atoms with E-state index in [0.717, 1.165) is 10.8 Å². The Bertz CT molecular complexity index is 1380. The quantitative estimate of drug-likeness (QED) is 0.307. The highest BCUT2D eigenvalue weighted by molar-refractivity contribution is 7.52. The monoisotopic (exact) mass is 526 g/mol. The number of nitrogens with one attached hydrogen (secondary N) is 2. The molecule has 0 amide bonds. The first-order valence-electron chi connectivity index (χ1n) is 12.9. The van der Waals surface area contributed by atoms with E-state index in [4.69, 9.17) is 22.6 Å². The molecule has 1 aromatic carbocycles. The summed E-state index contributed by atoms with van der Waals surface area (Å²) in [7, 11) is -4.70. The second-order valence-electron chi connectivity index (χ2n) is 8.97. The fraction of sp³-hybridized carbons (Fsp3) is 0.522. The summed E-state index contributed by atoms with van der Waals surface area (Å²) in [5.74, 6) is -0.746. The van der Waals surface area contributed by atoms with Crippen LogP contribution in [0.1, 0.15) is 44.0 Å². The zero-order chi connectivity index (χ0) is 28.8. The van der Waals surface area contributed by atoms with Crippen molar-refractivity contribution in [2.24, 2.45) is 5.41 Å². The Kier molecular flexibility index (Phi) is 6.43. The molecule has 3 N–H and O–H groups in total. The molecule has 1 saturated carbocycles. The van der Waals surface area contributed by atoms with Crippen LogP contribution in [0.2, 0.25) is 0 Å². The van der Waals surface area contributed by atoms with Gasteiger partial charge in [0.05, 0.1) is 22.9 Å². The number of H-pyrrole nitrogens is 1. The van der Waals surface area contributed by atoms with Crippen molar-refractivity contribution < 1.29 is 37.1 Å². The first-order valence-corrected chi connectivity index (χ1v) is 12.9. The Labute approximate surface area is 211 Å². The van der Waals surface area contributed by atoms with Gasteiger partial charge in [0.25, 0.3) is 5.56 Å². The van der Waals surface area contributed by atoms with Gasteiger partial charge in [-0.05, 0) is 45.7 Å². The number of benzene rings is 1. The lowest BCUT2D eigenvalue weighted by Gasteiger charge is -2.25. The minimum absolute atomic E-state index is 0.0424. The van der Waals surface area contributed by atoms with Gasteiger partial charge in [0, 0.05) is 17.7 Å². The third-order valence-electron chi connectivity index (χ3n) is 5.83. The van der Waals surface area contributed by atoms with Gasteiger partial charge in [-0.25, -0.2) is 9.36 Å². The van der Waals surface area contributed by atoms with Crippen LogP contribution in [0.25, 0.3) is 0 Å². The van der Waals surface area contributed by atoms with E-state index in [9.17, 15) is 24.1 Å². The van der Waals surface area contributed by atoms with Gasteiger partial charge in [0.1, 0.15) is 24.1 Å². The first kappa shape index (κ1) is 22.4. The third kappa shape index (κ3) is 5.63. The first-order chi connectivity index (χ1) is 18.2. The molecular formula is C23H30N3O9P. The van der Waals surface area contributed by atoms with Crippen molar-refractivity contribution in [3.05, 3.63) is 63.4 Å². The number of rotatable bonds is 10. The summed E-state index contributed by atoms with van der Waals surface area (Å²) in [6.45, 7) is 1.60. The molecule has 1 saturated heterocycles. The van der Waals surface area contributed by atoms with Crippen molar-refractivity contribution in [1.82, 2.24) is 14.6 Å². The average molecular weight is 526 g/mol. The Balaban J connectivity index is 1.63. The number of ether oxygens (including phenoxy) is 2. The van der Waals surface area contributed by atoms with Crippen LogP contribution in [-0.4, -0.2) is 51.5 Å². The van der Waals surface area contributed by atoms with Gasteiger partial charge < -0.3 is 19.1 Å². The molecule has 2 fully saturated rings. The molecule has 2 aliphatic rings. The molecule has 1 spiro atoms. The number of esters is 1. The molecule has 2 heterocycles. The third-order valence-corrected chi connectivity index (χ3v) is 7.33. The van der Waals surface area contributed by atoms with Crippen LogP contribution in [0.15, 0.2) is 52.2 Å². The molecule has 12 nitrogen and oxygen atoms in total. The highest BCUT2D eigenvalue weighted by Gasteiger charge is 2.64. The molecule has 13 heteroatoms. The predicted molar refractivity (Wildman–Crippen MR) is 127 cm³/mol. The molecule has 2 aromatic rings. The standard InChI is InChI=1S/C23H30N3O9P/c1-14(2)33-20(29)15(3)25-36(31,35-16-7-5-4-6-8-16)32-13-17-19(28)23(10-11-23)21(34-17)26-12-9-18(27)24-22(26)30/h4-9,12,14-15,17,19,21,28H,10-11,13H2,1-3H3,(H,25,31)(H,24,27,30)/t15-,17+,19+,21+,36-/m0/s1/i9D,13D2. The van der Waals surface area contributed by atoms with Crippen LogP contribution in [0.5, 0.6) is 5.75 Å². The molecule has 196 valence electrons. The van der Waals surface area contributed by atoms with E-state index < -0.39 is 73.6 Å². The van der Waals surface area contributed by atoms with Crippen molar-refractivity contribution in [3.63, 3.8) is 0 Å². The smallest absolute Gasteiger partial charge is 0.459 e. The summed E-state index contributed by atoms with van der Waals surface area (Å²) in [5, 5.41) is 13.5. The molecule has 1 aromatic heterocycles. The van der Waals surface area contributed by atoms with Crippen molar-refractivity contribution in [1.29, 1.82) is 0 Å². The molecular weight excluding hydrogens is 493 g/mol. The Morgan fingerprint density at radius 3 is 2.69 bits per heavy atom. The van der Waals surface area contributed by atoms with Crippen molar-refractivity contribution in [2.45, 2.75) is 64.2 Å². The number of aliphatic hydroxyl groups is 1. The lowest BCUT2D eigenvalue weighted by atomic mass is 9.96. The predicted octanol–water partition coefficient (Wildman–Crippen LogP) is 1.71. The second-order valence-corrected chi connectivity index (χ2v) is 10.6. The molecule has 1 aliphatic heterocycles. The number of aromatic amines is 1. The summed E-state index contributed by atoms with van der Waals surface area (Å²) >= 11 is 0. The van der Waals surface area contributed by atoms with Gasteiger partial charge in [-0.2, -0.15) is 5.09 Å². The lowest BCUT2D eigenvalue weighted by Crippen LogP contribution is -2.37. The Morgan fingerprint density at radius 2 is 2.06 bits per heavy atom. The van der Waals surface area contributed by atoms with Crippen LogP contribution in [-0.2, 0) is 23.4 Å². The van der Waals surface area contributed by atoms with E-state index in [1.165, 1.54) is 19.1 Å². The van der Waals surface area contributed by atoms with Crippen LogP contribution in [0, 0.1) is 5.41 Å². The number of para-hydroxylation sites is 1. The average Bonchev–Trinajstić information content (AvgIpc) is 3.57. The summed E-state index contributed by atoms with van der Waals surface area (Å²) in [6, 6.07) is 5.95. The van der Waals surface area contributed by atoms with Crippen molar-refractivity contribution >= 4 is 13.7 Å². The molecule has 0 radical (unpaired) electrons. The topological polar surface area (TPSA) is 158 Å². The number of nitrogens with zero attached hydrogens (tertiary/aromatic N) is 1. The highest BCUT2D eigenvalue weighted by atomic mass is 31.2. The molecule has 0 bridgehead atoms. The maximum absolute atomic E-state index is 13.9. The zero-order valence-electron chi connectivity index (χ0n) is 22.9. The fourth-order valence-electron chi connectivity index (χ4n) is 3.91. The molecule has 36 heavy (non-hydrogen) atoms. The largest absolute Gasteiger partial charge is 0.462 e. The van der Waals surface area contributed by atoms with Crippen LogP contribution >= 0.6 is 7.75 Å². The van der Waals surface area contributed by atoms with E-state index >= 15 is 0 Å². The molecule has 0 unspecified atom stereocenters. The maximum Gasteiger partial charge on any atom is 0.459 e. The van der Waals surface area contributed by atoms with Crippen LogP contribution < -0.4 is 20.9 Å². The normalized spacial score (nSPS) is 26.5. The van der Waals surface area contributed by atoms with E-state index in [1.807, 2.05) is 4.98 Å². The van der Waals surface area contributed by atoms with Crippen LogP contribution in [0.3, 0.4) is 0 Å². The number of hydrogen-bond donors (Lipinski definition) is 3. The number of aliphatic hydroxyl groups excluding tert-OH is 1. The minimum Gasteiger partial charge on any atom is -0.462 e. The Morgan fingerprint density at radius 1 is 1.36 bits per heavy atom. The van der Waals surface area contributed by atoms with Crippen LogP contribution in [0.4, 0.5) is 0 Å². The van der Waals surface area contributed by atoms with Crippen molar-refractivity contribution in [2.75, 3.05) is 6.56 Å². The van der Waals surface area contributed by atoms with Gasteiger partial charge in [0.2, 0.25) is 0 Å². The van der Waals surface area contributed by atoms with E-state index in [1.54, 1.807) is 32.0 Å². The lowest BCUT2D eigenvalue weighted by molar-refractivity contribution is -0.149. The molecule has 4 rings (SSSR count). The summed E-state index contributed by atoms with van der Waals surface area (Å²) in [5.41, 5.74) is -2.93. The zero-order valence-corrected chi connectivity index (χ0v) is 20.8. The second kappa shape index (κ2) is 10.3. The number of hydrogen-bond acceptors (Lipinski definition) is 9. The van der Waals surface area contributed by atoms with Gasteiger partial charge in [-0.1, -0.05) is 18.2 Å². The van der Waals surface area contributed by atoms with E-state index in [0.29, 0.717) is 12.8 Å². The maximum atomic E-state index is 13.9. The Hall–Kier alpha value is -2.76. The van der Waals surface area contributed by atoms with Gasteiger partial charge in [-0.15, -0.1) is 0 Å². The summed E-state index contributed by atoms with van der Waals surface area (Å²) in [4.78, 5) is 38.5. The van der Waals surface area contributed by atoms with Gasteiger partial charge >= 0.3 is 19.4 Å². The summed E-state index contributed by atoms with van der Waals surface area (Å²) in [6.07, 6.45) is -3.38. The number of carbonyl (C=O) groups is 1. The number of carbonyl (C=O) groups excluding carboxylic acids is 1. The fourth-order valence-corrected chi connectivity index (χ4v) is 5.28.